The SMILES string of the molecule is COCC(N)C(=O)Nc1cccc(CSC2CCCC2)c1.Cl. The van der Waals surface area contributed by atoms with Gasteiger partial charge in [-0.3, -0.25) is 4.79 Å². The minimum absolute atomic E-state index is 0. The lowest BCUT2D eigenvalue weighted by Gasteiger charge is -2.13. The zero-order valence-corrected chi connectivity index (χ0v) is 14.6. The molecule has 0 bridgehead atoms. The van der Waals surface area contributed by atoms with Crippen LogP contribution >= 0.6 is 24.2 Å². The van der Waals surface area contributed by atoms with Gasteiger partial charge in [0.1, 0.15) is 6.04 Å². The molecule has 2 rings (SSSR count). The van der Waals surface area contributed by atoms with E-state index in [1.807, 2.05) is 30.0 Å². The lowest BCUT2D eigenvalue weighted by Crippen LogP contribution is -2.39. The zero-order valence-electron chi connectivity index (χ0n) is 12.9. The Morgan fingerprint density at radius 1 is 1.45 bits per heavy atom. The summed E-state index contributed by atoms with van der Waals surface area (Å²) in [6.45, 7) is 0.225. The van der Waals surface area contributed by atoms with Gasteiger partial charge in [-0.2, -0.15) is 11.8 Å². The second-order valence-corrected chi connectivity index (χ2v) is 6.76. The fourth-order valence-corrected chi connectivity index (χ4v) is 3.77. The number of carbonyl (C=O) groups excluding carboxylic acids is 1. The van der Waals surface area contributed by atoms with Gasteiger partial charge in [0.2, 0.25) is 5.91 Å². The van der Waals surface area contributed by atoms with Gasteiger partial charge in [0.25, 0.3) is 0 Å². The third kappa shape index (κ3) is 6.16. The Balaban J connectivity index is 0.00000242. The number of ether oxygens (including phenoxy) is 1. The van der Waals surface area contributed by atoms with E-state index < -0.39 is 6.04 Å². The number of methoxy groups -OCH3 is 1. The van der Waals surface area contributed by atoms with Crippen molar-refractivity contribution in [2.75, 3.05) is 19.0 Å². The first kappa shape index (κ1) is 19.3. The molecule has 1 saturated carbocycles. The number of halogens is 1. The van der Waals surface area contributed by atoms with Crippen molar-refractivity contribution in [2.24, 2.45) is 5.73 Å². The number of hydrogen-bond donors (Lipinski definition) is 2. The first-order chi connectivity index (χ1) is 10.2. The van der Waals surface area contributed by atoms with Crippen LogP contribution in [0.1, 0.15) is 31.2 Å². The van der Waals surface area contributed by atoms with Crippen molar-refractivity contribution >= 4 is 35.8 Å². The normalized spacial score (nSPS) is 16.1. The van der Waals surface area contributed by atoms with Crippen molar-refractivity contribution in [1.82, 2.24) is 0 Å². The van der Waals surface area contributed by atoms with Crippen LogP contribution in [-0.4, -0.2) is 30.9 Å². The average Bonchev–Trinajstić information content (AvgIpc) is 2.99. The molecule has 6 heteroatoms. The lowest BCUT2D eigenvalue weighted by atomic mass is 10.2. The molecule has 0 aromatic heterocycles. The van der Waals surface area contributed by atoms with E-state index in [2.05, 4.69) is 11.4 Å². The van der Waals surface area contributed by atoms with E-state index in [4.69, 9.17) is 10.5 Å². The van der Waals surface area contributed by atoms with Crippen LogP contribution in [0.3, 0.4) is 0 Å². The van der Waals surface area contributed by atoms with Crippen molar-refractivity contribution in [3.8, 4) is 0 Å². The molecule has 0 spiro atoms. The Morgan fingerprint density at radius 3 is 2.86 bits per heavy atom. The number of carbonyl (C=O) groups is 1. The van der Waals surface area contributed by atoms with Crippen LogP contribution in [0.4, 0.5) is 5.69 Å². The summed E-state index contributed by atoms with van der Waals surface area (Å²) in [5.41, 5.74) is 7.76. The van der Waals surface area contributed by atoms with E-state index in [-0.39, 0.29) is 24.9 Å². The van der Waals surface area contributed by atoms with Gasteiger partial charge in [0, 0.05) is 23.8 Å². The molecule has 1 atom stereocenters. The molecular formula is C16H25ClN2O2S. The highest BCUT2D eigenvalue weighted by Gasteiger charge is 2.16. The molecule has 1 amide bonds. The predicted octanol–water partition coefficient (Wildman–Crippen LogP) is 3.20. The molecule has 3 N–H and O–H groups in total. The molecule has 0 aliphatic heterocycles. The standard InChI is InChI=1S/C16H24N2O2S.ClH/c1-20-10-15(17)16(19)18-13-6-4-5-12(9-13)11-21-14-7-2-3-8-14;/h4-6,9,14-15H,2-3,7-8,10-11,17H2,1H3,(H,18,19);1H. The first-order valence-corrected chi connectivity index (χ1v) is 8.50. The fraction of sp³-hybridized carbons (Fsp3) is 0.562. The molecule has 1 unspecified atom stereocenters. The molecule has 124 valence electrons. The molecule has 0 heterocycles. The van der Waals surface area contributed by atoms with Crippen LogP contribution in [0.2, 0.25) is 0 Å². The van der Waals surface area contributed by atoms with Crippen LogP contribution in [0, 0.1) is 0 Å². The molecule has 4 nitrogen and oxygen atoms in total. The Labute approximate surface area is 143 Å². The first-order valence-electron chi connectivity index (χ1n) is 7.45. The number of amides is 1. The zero-order chi connectivity index (χ0) is 15.1. The number of nitrogens with one attached hydrogen (secondary N) is 1. The molecular weight excluding hydrogens is 320 g/mol. The van der Waals surface area contributed by atoms with Crippen LogP contribution in [-0.2, 0) is 15.3 Å². The third-order valence-corrected chi connectivity index (χ3v) is 5.11. The summed E-state index contributed by atoms with van der Waals surface area (Å²) in [6.07, 6.45) is 5.41. The average molecular weight is 345 g/mol. The Kier molecular flexibility index (Phi) is 8.86. The molecule has 1 fully saturated rings. The summed E-state index contributed by atoms with van der Waals surface area (Å²) in [5.74, 6) is 0.788. The van der Waals surface area contributed by atoms with Crippen molar-refractivity contribution in [3.63, 3.8) is 0 Å². The van der Waals surface area contributed by atoms with E-state index in [0.717, 1.165) is 16.7 Å². The highest BCUT2D eigenvalue weighted by Crippen LogP contribution is 2.31. The van der Waals surface area contributed by atoms with Gasteiger partial charge in [0.15, 0.2) is 0 Å². The Hall–Kier alpha value is -0.750. The predicted molar refractivity (Wildman–Crippen MR) is 95.7 cm³/mol. The van der Waals surface area contributed by atoms with E-state index >= 15 is 0 Å². The summed E-state index contributed by atoms with van der Waals surface area (Å²) in [4.78, 5) is 11.9. The van der Waals surface area contributed by atoms with Crippen molar-refractivity contribution in [2.45, 2.75) is 42.7 Å². The maximum atomic E-state index is 11.9. The minimum atomic E-state index is -0.633. The smallest absolute Gasteiger partial charge is 0.243 e. The van der Waals surface area contributed by atoms with Crippen LogP contribution in [0.25, 0.3) is 0 Å². The van der Waals surface area contributed by atoms with Gasteiger partial charge >= 0.3 is 0 Å². The molecule has 1 aromatic rings. The Morgan fingerprint density at radius 2 is 2.18 bits per heavy atom. The number of nitrogens with two attached hydrogens (primary N) is 1. The Bertz CT molecular complexity index is 467. The fourth-order valence-electron chi connectivity index (χ4n) is 2.50. The molecule has 1 aliphatic carbocycles. The summed E-state index contributed by atoms with van der Waals surface area (Å²) in [6, 6.07) is 7.36. The van der Waals surface area contributed by atoms with E-state index in [1.54, 1.807) is 0 Å². The topological polar surface area (TPSA) is 64.3 Å². The number of hydrogen-bond acceptors (Lipinski definition) is 4. The summed E-state index contributed by atoms with van der Waals surface area (Å²) in [5, 5.41) is 3.65. The number of benzene rings is 1. The molecule has 22 heavy (non-hydrogen) atoms. The van der Waals surface area contributed by atoms with Crippen LogP contribution in [0.5, 0.6) is 0 Å². The van der Waals surface area contributed by atoms with E-state index in [9.17, 15) is 4.79 Å². The number of rotatable bonds is 7. The summed E-state index contributed by atoms with van der Waals surface area (Å²) < 4.78 is 4.89. The van der Waals surface area contributed by atoms with Crippen LogP contribution in [0.15, 0.2) is 24.3 Å². The van der Waals surface area contributed by atoms with Gasteiger partial charge in [-0.05, 0) is 30.5 Å². The van der Waals surface area contributed by atoms with E-state index in [1.165, 1.54) is 38.4 Å². The number of thioether (sulfide) groups is 1. The quantitative estimate of drug-likeness (QED) is 0.797. The largest absolute Gasteiger partial charge is 0.383 e. The molecule has 1 aliphatic rings. The van der Waals surface area contributed by atoms with Gasteiger partial charge in [-0.15, -0.1) is 12.4 Å². The van der Waals surface area contributed by atoms with Gasteiger partial charge in [-0.1, -0.05) is 25.0 Å². The summed E-state index contributed by atoms with van der Waals surface area (Å²) in [7, 11) is 1.54. The van der Waals surface area contributed by atoms with Gasteiger partial charge < -0.3 is 15.8 Å². The lowest BCUT2D eigenvalue weighted by molar-refractivity contribution is -0.118. The van der Waals surface area contributed by atoms with Crippen LogP contribution < -0.4 is 11.1 Å². The number of anilines is 1. The monoisotopic (exact) mass is 344 g/mol. The van der Waals surface area contributed by atoms with Gasteiger partial charge in [0.05, 0.1) is 6.61 Å². The molecule has 0 radical (unpaired) electrons. The van der Waals surface area contributed by atoms with Crippen molar-refractivity contribution < 1.29 is 9.53 Å². The second kappa shape index (κ2) is 10.1. The highest BCUT2D eigenvalue weighted by molar-refractivity contribution is 7.99. The molecule has 0 saturated heterocycles. The second-order valence-electron chi connectivity index (χ2n) is 5.47. The van der Waals surface area contributed by atoms with E-state index in [0.29, 0.717) is 0 Å². The van der Waals surface area contributed by atoms with Crippen molar-refractivity contribution in [1.29, 1.82) is 0 Å². The minimum Gasteiger partial charge on any atom is -0.383 e. The van der Waals surface area contributed by atoms with Crippen molar-refractivity contribution in [3.05, 3.63) is 29.8 Å². The maximum absolute atomic E-state index is 11.9. The third-order valence-electron chi connectivity index (χ3n) is 3.67. The molecule has 1 aromatic carbocycles. The highest BCUT2D eigenvalue weighted by atomic mass is 35.5. The summed E-state index contributed by atoms with van der Waals surface area (Å²) >= 11 is 2.02. The maximum Gasteiger partial charge on any atom is 0.243 e. The van der Waals surface area contributed by atoms with Gasteiger partial charge in [-0.25, -0.2) is 0 Å².